The highest BCUT2D eigenvalue weighted by Crippen LogP contribution is 2.31. The normalized spacial score (nSPS) is 14.9. The Hall–Kier alpha value is -4.70. The van der Waals surface area contributed by atoms with Crippen LogP contribution in [0.2, 0.25) is 0 Å². The maximum absolute atomic E-state index is 13.7. The number of thiazole rings is 1. The first-order chi connectivity index (χ1) is 18.9. The summed E-state index contributed by atoms with van der Waals surface area (Å²) in [6.07, 6.45) is 3.09. The van der Waals surface area contributed by atoms with Gasteiger partial charge in [0.15, 0.2) is 16.3 Å². The van der Waals surface area contributed by atoms with Crippen LogP contribution in [0.4, 0.5) is 0 Å². The number of furan rings is 1. The van der Waals surface area contributed by atoms with Crippen LogP contribution in [0.3, 0.4) is 0 Å². The molecule has 0 N–H and O–H groups in total. The largest absolute Gasteiger partial charge is 0.493 e. The van der Waals surface area contributed by atoms with E-state index in [9.17, 15) is 14.4 Å². The van der Waals surface area contributed by atoms with Crippen molar-refractivity contribution in [2.24, 2.45) is 4.99 Å². The number of hydrogen-bond donors (Lipinski definition) is 0. The molecule has 0 unspecified atom stereocenters. The number of hydrogen-bond acceptors (Lipinski definition) is 9. The Morgan fingerprint density at radius 1 is 1.08 bits per heavy atom. The summed E-state index contributed by atoms with van der Waals surface area (Å²) in [6, 6.07) is 16.7. The number of rotatable bonds is 7. The van der Waals surface area contributed by atoms with Crippen molar-refractivity contribution in [1.82, 2.24) is 4.57 Å². The van der Waals surface area contributed by atoms with E-state index in [0.717, 1.165) is 5.56 Å². The van der Waals surface area contributed by atoms with Crippen molar-refractivity contribution in [1.29, 1.82) is 0 Å². The minimum Gasteiger partial charge on any atom is -0.493 e. The van der Waals surface area contributed by atoms with Gasteiger partial charge in [-0.1, -0.05) is 47.7 Å². The summed E-state index contributed by atoms with van der Waals surface area (Å²) in [7, 11) is 1.46. The lowest BCUT2D eigenvalue weighted by Crippen LogP contribution is -2.39. The standard InChI is InChI=1S/C29H24N2O7S/c1-4-36-28(34)24-17(2)30-29-31(25(24)19-9-6-5-7-10-19)26(32)23(39-29)16-18-12-13-20(22(15-18)35-3)38-27(33)21-11-8-14-37-21/h5-16,25H,4H2,1-3H3/t25-/m0/s1. The third kappa shape index (κ3) is 5.06. The smallest absolute Gasteiger partial charge is 0.379 e. The first-order valence-corrected chi connectivity index (χ1v) is 12.9. The van der Waals surface area contributed by atoms with Crippen LogP contribution < -0.4 is 24.4 Å². The van der Waals surface area contributed by atoms with Gasteiger partial charge >= 0.3 is 11.9 Å². The van der Waals surface area contributed by atoms with Gasteiger partial charge in [0, 0.05) is 0 Å². The van der Waals surface area contributed by atoms with Crippen molar-refractivity contribution in [3.05, 3.63) is 115 Å². The zero-order valence-corrected chi connectivity index (χ0v) is 22.2. The number of aromatic nitrogens is 1. The third-order valence-corrected chi connectivity index (χ3v) is 7.03. The molecule has 0 aliphatic carbocycles. The molecule has 2 aromatic carbocycles. The lowest BCUT2D eigenvalue weighted by Gasteiger charge is -2.24. The fourth-order valence-electron chi connectivity index (χ4n) is 4.30. The Morgan fingerprint density at radius 2 is 1.87 bits per heavy atom. The van der Waals surface area contributed by atoms with Crippen LogP contribution in [-0.4, -0.2) is 30.2 Å². The SMILES string of the molecule is CCOC(=O)C1=C(C)N=c2sc(=Cc3ccc(OC(=O)c4ccco4)c(OC)c3)c(=O)n2[C@H]1c1ccccc1. The van der Waals surface area contributed by atoms with Gasteiger partial charge < -0.3 is 18.6 Å². The first kappa shape index (κ1) is 25.9. The van der Waals surface area contributed by atoms with Crippen LogP contribution >= 0.6 is 11.3 Å². The molecule has 5 rings (SSSR count). The fourth-order valence-corrected chi connectivity index (χ4v) is 5.34. The predicted octanol–water partition coefficient (Wildman–Crippen LogP) is 3.62. The number of benzene rings is 2. The van der Waals surface area contributed by atoms with E-state index in [1.54, 1.807) is 44.2 Å². The average Bonchev–Trinajstić information content (AvgIpc) is 3.58. The number of nitrogens with zero attached hydrogens (tertiary/aromatic N) is 2. The minimum atomic E-state index is -0.679. The van der Waals surface area contributed by atoms with Crippen LogP contribution in [0.25, 0.3) is 6.08 Å². The molecule has 2 aromatic heterocycles. The highest BCUT2D eigenvalue weighted by atomic mass is 32.1. The molecule has 4 aromatic rings. The van der Waals surface area contributed by atoms with Gasteiger partial charge in [0.2, 0.25) is 5.76 Å². The molecule has 0 radical (unpaired) electrons. The molecule has 39 heavy (non-hydrogen) atoms. The van der Waals surface area contributed by atoms with Gasteiger partial charge in [0.05, 0.1) is 41.8 Å². The number of carbonyl (C=O) groups excluding carboxylic acids is 2. The van der Waals surface area contributed by atoms with Crippen LogP contribution in [-0.2, 0) is 9.53 Å². The van der Waals surface area contributed by atoms with Crippen molar-refractivity contribution >= 4 is 29.4 Å². The van der Waals surface area contributed by atoms with Crippen molar-refractivity contribution in [2.45, 2.75) is 19.9 Å². The van der Waals surface area contributed by atoms with Crippen LogP contribution in [0.1, 0.15) is 41.6 Å². The number of allylic oxidation sites excluding steroid dienone is 1. The topological polar surface area (TPSA) is 109 Å². The van der Waals surface area contributed by atoms with E-state index in [1.807, 2.05) is 30.3 Å². The zero-order chi connectivity index (χ0) is 27.5. The van der Waals surface area contributed by atoms with Crippen LogP contribution in [0, 0.1) is 0 Å². The number of ether oxygens (including phenoxy) is 3. The summed E-state index contributed by atoms with van der Waals surface area (Å²) in [4.78, 5) is 44.0. The summed E-state index contributed by atoms with van der Waals surface area (Å²) in [6.45, 7) is 3.68. The van der Waals surface area contributed by atoms with Gasteiger partial charge in [0.1, 0.15) is 0 Å². The predicted molar refractivity (Wildman–Crippen MR) is 144 cm³/mol. The second-order valence-electron chi connectivity index (χ2n) is 8.49. The lowest BCUT2D eigenvalue weighted by molar-refractivity contribution is -0.139. The molecular formula is C29H24N2O7S. The van der Waals surface area contributed by atoms with E-state index in [0.29, 0.717) is 31.9 Å². The van der Waals surface area contributed by atoms with Crippen LogP contribution in [0.5, 0.6) is 11.5 Å². The first-order valence-electron chi connectivity index (χ1n) is 12.1. The number of methoxy groups -OCH3 is 1. The molecule has 1 aliphatic heterocycles. The summed E-state index contributed by atoms with van der Waals surface area (Å²) in [5.41, 5.74) is 1.94. The van der Waals surface area contributed by atoms with Crippen LogP contribution in [0.15, 0.2) is 92.4 Å². The molecule has 0 bridgehead atoms. The van der Waals surface area contributed by atoms with Crippen molar-refractivity contribution < 1.29 is 28.2 Å². The van der Waals surface area contributed by atoms with E-state index in [4.69, 9.17) is 18.6 Å². The molecular weight excluding hydrogens is 520 g/mol. The molecule has 10 heteroatoms. The Labute approximate surface area is 226 Å². The lowest BCUT2D eigenvalue weighted by atomic mass is 9.96. The van der Waals surface area contributed by atoms with E-state index in [1.165, 1.54) is 35.3 Å². The summed E-state index contributed by atoms with van der Waals surface area (Å²) in [5.74, 6) is -0.595. The molecule has 0 saturated heterocycles. The van der Waals surface area contributed by atoms with E-state index >= 15 is 0 Å². The molecule has 198 valence electrons. The second kappa shape index (κ2) is 11.0. The molecule has 1 aliphatic rings. The Bertz CT molecular complexity index is 1750. The molecule has 1 atom stereocenters. The Balaban J connectivity index is 1.57. The van der Waals surface area contributed by atoms with Crippen molar-refractivity contribution in [2.75, 3.05) is 13.7 Å². The zero-order valence-electron chi connectivity index (χ0n) is 21.4. The maximum Gasteiger partial charge on any atom is 0.379 e. The van der Waals surface area contributed by atoms with E-state index < -0.39 is 18.0 Å². The van der Waals surface area contributed by atoms with Crippen molar-refractivity contribution in [3.63, 3.8) is 0 Å². The molecule has 0 fully saturated rings. The quantitative estimate of drug-likeness (QED) is 0.258. The van der Waals surface area contributed by atoms with Crippen molar-refractivity contribution in [3.8, 4) is 11.5 Å². The second-order valence-corrected chi connectivity index (χ2v) is 9.50. The summed E-state index contributed by atoms with van der Waals surface area (Å²) >= 11 is 1.22. The Kier molecular flexibility index (Phi) is 7.29. The minimum absolute atomic E-state index is 0.0627. The highest BCUT2D eigenvalue weighted by Gasteiger charge is 2.33. The fraction of sp³-hybridized carbons (Fsp3) is 0.172. The van der Waals surface area contributed by atoms with Gasteiger partial charge in [-0.15, -0.1) is 0 Å². The summed E-state index contributed by atoms with van der Waals surface area (Å²) < 4.78 is 23.2. The number of esters is 2. The molecule has 0 saturated carbocycles. The Morgan fingerprint density at radius 3 is 2.56 bits per heavy atom. The number of carbonyl (C=O) groups is 2. The highest BCUT2D eigenvalue weighted by molar-refractivity contribution is 7.07. The maximum atomic E-state index is 13.7. The molecule has 0 amide bonds. The third-order valence-electron chi connectivity index (χ3n) is 6.04. The van der Waals surface area contributed by atoms with E-state index in [2.05, 4.69) is 4.99 Å². The van der Waals surface area contributed by atoms with Gasteiger partial charge in [-0.25, -0.2) is 14.6 Å². The van der Waals surface area contributed by atoms with Gasteiger partial charge in [0.25, 0.3) is 5.56 Å². The molecule has 9 nitrogen and oxygen atoms in total. The van der Waals surface area contributed by atoms with Gasteiger partial charge in [-0.3, -0.25) is 9.36 Å². The number of fused-ring (bicyclic) bond motifs is 1. The monoisotopic (exact) mass is 544 g/mol. The van der Waals surface area contributed by atoms with Gasteiger partial charge in [-0.2, -0.15) is 0 Å². The molecule has 0 spiro atoms. The summed E-state index contributed by atoms with van der Waals surface area (Å²) in [5, 5.41) is 0. The molecule has 3 heterocycles. The van der Waals surface area contributed by atoms with E-state index in [-0.39, 0.29) is 23.7 Å². The average molecular weight is 545 g/mol. The van der Waals surface area contributed by atoms with Gasteiger partial charge in [-0.05, 0) is 55.3 Å².